The molecule has 2 N–H and O–H groups in total. The number of amides is 1. The van der Waals surface area contributed by atoms with Crippen LogP contribution < -0.4 is 5.32 Å². The van der Waals surface area contributed by atoms with Crippen molar-refractivity contribution in [1.29, 1.82) is 0 Å². The molecule has 0 bridgehead atoms. The minimum atomic E-state index is -3.66. The van der Waals surface area contributed by atoms with E-state index in [1.54, 1.807) is 30.1 Å². The third-order valence-electron chi connectivity index (χ3n) is 3.62. The molecule has 0 spiro atoms. The number of fused-ring (bicyclic) bond motifs is 1. The molecule has 0 fully saturated rings. The minimum Gasteiger partial charge on any atom is -0.480 e. The van der Waals surface area contributed by atoms with E-state index in [4.69, 9.17) is 5.11 Å². The Hall–Kier alpha value is -2.42. The van der Waals surface area contributed by atoms with Gasteiger partial charge < -0.3 is 15.3 Å². The van der Waals surface area contributed by atoms with Gasteiger partial charge in [0, 0.05) is 25.6 Å². The van der Waals surface area contributed by atoms with Crippen molar-refractivity contribution in [2.45, 2.75) is 30.7 Å². The molecule has 130 valence electrons. The summed E-state index contributed by atoms with van der Waals surface area (Å²) in [5.74, 6) is -1.10. The van der Waals surface area contributed by atoms with Gasteiger partial charge in [-0.25, -0.2) is 0 Å². The van der Waals surface area contributed by atoms with E-state index in [-0.39, 0.29) is 17.2 Å². The summed E-state index contributed by atoms with van der Waals surface area (Å²) in [5.41, 5.74) is 0.545. The Balaban J connectivity index is 1.94. The number of benzene rings is 1. The molecule has 0 aromatic heterocycles. The van der Waals surface area contributed by atoms with Crippen molar-refractivity contribution in [1.82, 2.24) is 10.2 Å². The lowest BCUT2D eigenvalue weighted by atomic mass is 10.2. The van der Waals surface area contributed by atoms with Crippen molar-refractivity contribution in [2.24, 2.45) is 4.40 Å². The SMILES string of the molecule is CC(NC(=O)CCCN(C)C1=NS(=O)(=O)c2ccccc21)C(=O)O. The molecule has 1 aliphatic heterocycles. The highest BCUT2D eigenvalue weighted by atomic mass is 32.2. The van der Waals surface area contributed by atoms with Crippen LogP contribution >= 0.6 is 0 Å². The maximum atomic E-state index is 12.0. The van der Waals surface area contributed by atoms with Crippen molar-refractivity contribution in [2.75, 3.05) is 13.6 Å². The van der Waals surface area contributed by atoms with Crippen LogP contribution in [0.5, 0.6) is 0 Å². The van der Waals surface area contributed by atoms with Crippen LogP contribution in [0.25, 0.3) is 0 Å². The Morgan fingerprint density at radius 2 is 2.00 bits per heavy atom. The zero-order chi connectivity index (χ0) is 17.9. The highest BCUT2D eigenvalue weighted by Gasteiger charge is 2.30. The Bertz CT molecular complexity index is 788. The van der Waals surface area contributed by atoms with Gasteiger partial charge in [-0.1, -0.05) is 12.1 Å². The topological polar surface area (TPSA) is 116 Å². The van der Waals surface area contributed by atoms with Crippen LogP contribution in [0.15, 0.2) is 33.6 Å². The minimum absolute atomic E-state index is 0.142. The van der Waals surface area contributed by atoms with Gasteiger partial charge in [0.1, 0.15) is 16.8 Å². The molecule has 24 heavy (non-hydrogen) atoms. The predicted octanol–water partition coefficient (Wildman–Crippen LogP) is 0.437. The number of amidine groups is 1. The van der Waals surface area contributed by atoms with E-state index in [2.05, 4.69) is 9.71 Å². The summed E-state index contributed by atoms with van der Waals surface area (Å²) in [4.78, 5) is 24.2. The standard InChI is InChI=1S/C15H19N3O5S/c1-10(15(20)21)16-13(19)8-5-9-18(2)14-11-6-3-4-7-12(11)24(22,23)17-14/h3-4,6-7,10H,5,8-9H2,1-2H3,(H,16,19)(H,20,21). The second-order valence-corrected chi connectivity index (χ2v) is 7.11. The highest BCUT2D eigenvalue weighted by molar-refractivity contribution is 7.90. The normalized spacial score (nSPS) is 16.0. The van der Waals surface area contributed by atoms with Crippen LogP contribution in [-0.4, -0.2) is 55.8 Å². The molecule has 0 radical (unpaired) electrons. The number of carboxylic acids is 1. The molecule has 8 nitrogen and oxygen atoms in total. The number of nitrogens with one attached hydrogen (secondary N) is 1. The Kier molecular flexibility index (Phi) is 5.23. The molecule has 1 aliphatic rings. The van der Waals surface area contributed by atoms with Crippen molar-refractivity contribution in [3.63, 3.8) is 0 Å². The first kappa shape index (κ1) is 17.9. The largest absolute Gasteiger partial charge is 0.480 e. The third kappa shape index (κ3) is 3.91. The Labute approximate surface area is 140 Å². The second kappa shape index (κ2) is 7.00. The first-order valence-electron chi connectivity index (χ1n) is 7.40. The fraction of sp³-hybridized carbons (Fsp3) is 0.400. The van der Waals surface area contributed by atoms with E-state index in [0.29, 0.717) is 24.4 Å². The Morgan fingerprint density at radius 1 is 1.33 bits per heavy atom. The average Bonchev–Trinajstić information content (AvgIpc) is 2.79. The number of carboxylic acid groups (broad SMARTS) is 1. The van der Waals surface area contributed by atoms with Gasteiger partial charge >= 0.3 is 5.97 Å². The van der Waals surface area contributed by atoms with E-state index in [0.717, 1.165) is 0 Å². The number of rotatable bonds is 6. The number of aliphatic carboxylic acids is 1. The lowest BCUT2D eigenvalue weighted by molar-refractivity contribution is -0.141. The molecule has 0 aliphatic carbocycles. The van der Waals surface area contributed by atoms with E-state index in [1.165, 1.54) is 13.0 Å². The summed E-state index contributed by atoms with van der Waals surface area (Å²) in [7, 11) is -1.96. The van der Waals surface area contributed by atoms with Gasteiger partial charge in [-0.05, 0) is 25.5 Å². The smallest absolute Gasteiger partial charge is 0.325 e. The van der Waals surface area contributed by atoms with Crippen molar-refractivity contribution < 1.29 is 23.1 Å². The molecule has 1 aromatic rings. The van der Waals surface area contributed by atoms with Gasteiger partial charge in [-0.2, -0.15) is 8.42 Å². The predicted molar refractivity (Wildman–Crippen MR) is 87.3 cm³/mol. The van der Waals surface area contributed by atoms with Crippen LogP contribution in [0.2, 0.25) is 0 Å². The summed E-state index contributed by atoms with van der Waals surface area (Å²) in [5, 5.41) is 11.1. The molecule has 1 atom stereocenters. The molecular formula is C15H19N3O5S. The van der Waals surface area contributed by atoms with E-state index < -0.39 is 22.0 Å². The number of hydrogen-bond acceptors (Lipinski definition) is 5. The average molecular weight is 353 g/mol. The van der Waals surface area contributed by atoms with Crippen LogP contribution in [0, 0.1) is 0 Å². The Morgan fingerprint density at radius 3 is 2.67 bits per heavy atom. The molecular weight excluding hydrogens is 334 g/mol. The molecule has 0 saturated carbocycles. The van der Waals surface area contributed by atoms with Gasteiger partial charge in [0.25, 0.3) is 10.0 Å². The molecule has 2 rings (SSSR count). The van der Waals surface area contributed by atoms with Gasteiger partial charge in [0.2, 0.25) is 5.91 Å². The summed E-state index contributed by atoms with van der Waals surface area (Å²) >= 11 is 0. The first-order valence-corrected chi connectivity index (χ1v) is 8.84. The van der Waals surface area contributed by atoms with Gasteiger partial charge in [0.05, 0.1) is 0 Å². The number of hydrogen-bond donors (Lipinski definition) is 2. The monoisotopic (exact) mass is 353 g/mol. The summed E-state index contributed by atoms with van der Waals surface area (Å²) < 4.78 is 27.8. The van der Waals surface area contributed by atoms with Crippen LogP contribution in [-0.2, 0) is 19.6 Å². The zero-order valence-corrected chi connectivity index (χ0v) is 14.2. The quantitative estimate of drug-likeness (QED) is 0.766. The summed E-state index contributed by atoms with van der Waals surface area (Å²) in [6.45, 7) is 1.80. The maximum absolute atomic E-state index is 12.0. The zero-order valence-electron chi connectivity index (χ0n) is 13.4. The summed E-state index contributed by atoms with van der Waals surface area (Å²) in [6.07, 6.45) is 0.583. The molecule has 9 heteroatoms. The first-order chi connectivity index (χ1) is 11.2. The van der Waals surface area contributed by atoms with Crippen LogP contribution in [0.4, 0.5) is 0 Å². The number of carbonyl (C=O) groups is 2. The van der Waals surface area contributed by atoms with Crippen molar-refractivity contribution in [3.8, 4) is 0 Å². The number of carbonyl (C=O) groups excluding carboxylic acids is 1. The van der Waals surface area contributed by atoms with Crippen LogP contribution in [0.1, 0.15) is 25.3 Å². The fourth-order valence-electron chi connectivity index (χ4n) is 2.32. The lowest BCUT2D eigenvalue weighted by Gasteiger charge is -2.19. The van der Waals surface area contributed by atoms with E-state index >= 15 is 0 Å². The maximum Gasteiger partial charge on any atom is 0.325 e. The van der Waals surface area contributed by atoms with Crippen LogP contribution in [0.3, 0.4) is 0 Å². The summed E-state index contributed by atoms with van der Waals surface area (Å²) in [6, 6.07) is 5.64. The molecule has 1 unspecified atom stereocenters. The fourth-order valence-corrected chi connectivity index (χ4v) is 3.57. The number of nitrogens with zero attached hydrogens (tertiary/aromatic N) is 2. The van der Waals surface area contributed by atoms with Crippen molar-refractivity contribution >= 4 is 27.7 Å². The van der Waals surface area contributed by atoms with E-state index in [9.17, 15) is 18.0 Å². The lowest BCUT2D eigenvalue weighted by Crippen LogP contribution is -2.38. The van der Waals surface area contributed by atoms with E-state index in [1.807, 2.05) is 0 Å². The molecule has 1 heterocycles. The van der Waals surface area contributed by atoms with Gasteiger partial charge in [-0.3, -0.25) is 9.59 Å². The molecule has 0 saturated heterocycles. The van der Waals surface area contributed by atoms with Gasteiger partial charge in [0.15, 0.2) is 0 Å². The molecule has 1 aromatic carbocycles. The van der Waals surface area contributed by atoms with Gasteiger partial charge in [-0.15, -0.1) is 4.40 Å². The van der Waals surface area contributed by atoms with Crippen molar-refractivity contribution in [3.05, 3.63) is 29.8 Å². The second-order valence-electron chi connectivity index (χ2n) is 5.54. The third-order valence-corrected chi connectivity index (χ3v) is 4.94. The number of sulfonamides is 1. The molecule has 1 amide bonds. The highest BCUT2D eigenvalue weighted by Crippen LogP contribution is 2.26.